The lowest BCUT2D eigenvalue weighted by molar-refractivity contribution is 0.600. The van der Waals surface area contributed by atoms with Crippen LogP contribution in [0.25, 0.3) is 10.9 Å². The molecule has 1 N–H and O–H groups in total. The summed E-state index contributed by atoms with van der Waals surface area (Å²) in [5.74, 6) is 2.45. The first kappa shape index (κ1) is 18.0. The number of aromatic nitrogens is 1. The number of para-hydroxylation sites is 1. The van der Waals surface area contributed by atoms with Gasteiger partial charge in [0, 0.05) is 17.8 Å². The van der Waals surface area contributed by atoms with Gasteiger partial charge in [0.05, 0.1) is 27.5 Å². The van der Waals surface area contributed by atoms with E-state index in [0.29, 0.717) is 10.9 Å². The minimum Gasteiger partial charge on any atom is -0.333 e. The molecule has 134 valence electrons. The minimum atomic E-state index is -3.83. The average Bonchev–Trinajstić information content (AvgIpc) is 2.96. The van der Waals surface area contributed by atoms with E-state index < -0.39 is 19.9 Å². The zero-order valence-corrected chi connectivity index (χ0v) is 15.5. The van der Waals surface area contributed by atoms with Crippen LogP contribution in [0.1, 0.15) is 0 Å². The molecule has 1 heterocycles. The molecule has 0 aliphatic rings. The van der Waals surface area contributed by atoms with Crippen LogP contribution in [-0.2, 0) is 26.4 Å². The van der Waals surface area contributed by atoms with Crippen molar-refractivity contribution in [1.29, 1.82) is 0 Å². The number of hydrogen-bond acceptors (Lipinski definition) is 4. The van der Waals surface area contributed by atoms with E-state index in [-0.39, 0.29) is 22.0 Å². The molecule has 6 nitrogen and oxygen atoms in total. The number of nitrogens with one attached hydrogen (secondary N) is 1. The van der Waals surface area contributed by atoms with Crippen molar-refractivity contribution in [2.45, 2.75) is 16.3 Å². The van der Waals surface area contributed by atoms with Gasteiger partial charge in [0.15, 0.2) is 9.84 Å². The predicted octanol–water partition coefficient (Wildman–Crippen LogP) is 2.48. The highest BCUT2D eigenvalue weighted by molar-refractivity contribution is 7.92. The summed E-state index contributed by atoms with van der Waals surface area (Å²) in [7, 11) is -7.33. The van der Waals surface area contributed by atoms with E-state index in [1.165, 1.54) is 18.3 Å². The van der Waals surface area contributed by atoms with E-state index in [2.05, 4.69) is 10.6 Å². The van der Waals surface area contributed by atoms with E-state index in [1.807, 2.05) is 0 Å². The van der Waals surface area contributed by atoms with Gasteiger partial charge in [0.2, 0.25) is 0 Å². The Bertz CT molecular complexity index is 1220. The highest BCUT2D eigenvalue weighted by Crippen LogP contribution is 2.32. The van der Waals surface area contributed by atoms with Gasteiger partial charge in [-0.2, -0.15) is 0 Å². The van der Waals surface area contributed by atoms with Gasteiger partial charge < -0.3 is 4.57 Å². The van der Waals surface area contributed by atoms with Gasteiger partial charge in [-0.05, 0) is 18.2 Å². The fraction of sp³-hybridized carbons (Fsp3) is 0.111. The molecule has 3 rings (SSSR count). The van der Waals surface area contributed by atoms with Crippen LogP contribution in [-0.4, -0.2) is 27.7 Å². The Hall–Kier alpha value is -2.76. The van der Waals surface area contributed by atoms with Crippen LogP contribution in [0.15, 0.2) is 64.5 Å². The number of hydrogen-bond donors (Lipinski definition) is 1. The van der Waals surface area contributed by atoms with Crippen LogP contribution in [0.4, 0.5) is 5.69 Å². The van der Waals surface area contributed by atoms with Crippen LogP contribution in [0.2, 0.25) is 0 Å². The number of anilines is 1. The molecule has 0 radical (unpaired) electrons. The van der Waals surface area contributed by atoms with Gasteiger partial charge >= 0.3 is 0 Å². The maximum absolute atomic E-state index is 12.6. The number of sulfone groups is 1. The largest absolute Gasteiger partial charge is 0.333 e. The minimum absolute atomic E-state index is 0.100. The molecule has 0 amide bonds. The van der Waals surface area contributed by atoms with Crippen molar-refractivity contribution >= 4 is 36.5 Å². The van der Waals surface area contributed by atoms with Crippen LogP contribution >= 0.6 is 0 Å². The molecule has 8 heteroatoms. The topological polar surface area (TPSA) is 85.2 Å². The number of nitrogens with zero attached hydrogens (tertiary/aromatic N) is 1. The molecule has 1 aromatic heterocycles. The fourth-order valence-electron chi connectivity index (χ4n) is 2.73. The lowest BCUT2D eigenvalue weighted by Crippen LogP contribution is -2.13. The van der Waals surface area contributed by atoms with E-state index in [4.69, 9.17) is 6.42 Å². The van der Waals surface area contributed by atoms with Gasteiger partial charge in [-0.25, -0.2) is 16.8 Å². The van der Waals surface area contributed by atoms with E-state index >= 15 is 0 Å². The van der Waals surface area contributed by atoms with Crippen molar-refractivity contribution in [2.24, 2.45) is 0 Å². The summed E-state index contributed by atoms with van der Waals surface area (Å²) < 4.78 is 53.5. The van der Waals surface area contributed by atoms with E-state index in [9.17, 15) is 16.8 Å². The second-order valence-electron chi connectivity index (χ2n) is 5.72. The number of fused-ring (bicyclic) bond motifs is 1. The van der Waals surface area contributed by atoms with Crippen LogP contribution in [0.3, 0.4) is 0 Å². The molecular weight excluding hydrogens is 372 g/mol. The van der Waals surface area contributed by atoms with Crippen molar-refractivity contribution in [1.82, 2.24) is 4.57 Å². The van der Waals surface area contributed by atoms with Crippen molar-refractivity contribution in [3.63, 3.8) is 0 Å². The maximum atomic E-state index is 12.6. The molecule has 26 heavy (non-hydrogen) atoms. The molecule has 0 fully saturated rings. The first-order valence-electron chi connectivity index (χ1n) is 7.57. The summed E-state index contributed by atoms with van der Waals surface area (Å²) in [6.45, 7) is 0.107. The number of terminal acetylenes is 1. The Labute approximate surface area is 152 Å². The molecule has 0 saturated carbocycles. The molecule has 3 aromatic rings. The van der Waals surface area contributed by atoms with Crippen molar-refractivity contribution < 1.29 is 16.8 Å². The molecule has 0 unspecified atom stereocenters. The Morgan fingerprint density at radius 2 is 1.73 bits per heavy atom. The second kappa shape index (κ2) is 6.52. The summed E-state index contributed by atoms with van der Waals surface area (Å²) in [6.07, 6.45) is 7.91. The van der Waals surface area contributed by atoms with Crippen LogP contribution in [0, 0.1) is 12.3 Å². The third-order valence-corrected chi connectivity index (χ3v) is 6.33. The Balaban J connectivity index is 2.22. The first-order valence-corrected chi connectivity index (χ1v) is 10.9. The summed E-state index contributed by atoms with van der Waals surface area (Å²) in [6, 6.07) is 12.7. The molecule has 0 aliphatic carbocycles. The zero-order valence-electron chi connectivity index (χ0n) is 13.9. The molecule has 0 aliphatic heterocycles. The van der Waals surface area contributed by atoms with Crippen LogP contribution in [0.5, 0.6) is 0 Å². The average molecular weight is 388 g/mol. The molecule has 0 saturated heterocycles. The Morgan fingerprint density at radius 3 is 2.35 bits per heavy atom. The van der Waals surface area contributed by atoms with Crippen molar-refractivity contribution in [2.75, 3.05) is 11.0 Å². The summed E-state index contributed by atoms with van der Waals surface area (Å²) >= 11 is 0. The molecule has 0 atom stereocenters. The fourth-order valence-corrected chi connectivity index (χ4v) is 4.70. The Morgan fingerprint density at radius 1 is 1.04 bits per heavy atom. The smallest absolute Gasteiger partial charge is 0.261 e. The predicted molar refractivity (Wildman–Crippen MR) is 101 cm³/mol. The Kier molecular flexibility index (Phi) is 4.52. The molecule has 2 aromatic carbocycles. The van der Waals surface area contributed by atoms with E-state index in [1.54, 1.807) is 41.0 Å². The standard InChI is InChI=1S/C18H16N2O4S2/c1-3-12-20-13-17(25(2,21)22)15-10-7-11-16(18(15)20)19-26(23,24)14-8-5-4-6-9-14/h1,4-11,13,19H,12H2,2H3. The van der Waals surface area contributed by atoms with Gasteiger partial charge in [0.1, 0.15) is 0 Å². The molecule has 0 bridgehead atoms. The summed E-state index contributed by atoms with van der Waals surface area (Å²) in [5, 5.41) is 0.413. The quantitative estimate of drug-likeness (QED) is 0.681. The number of benzene rings is 2. The lowest BCUT2D eigenvalue weighted by atomic mass is 10.2. The van der Waals surface area contributed by atoms with E-state index in [0.717, 1.165) is 6.26 Å². The van der Waals surface area contributed by atoms with Gasteiger partial charge in [0.25, 0.3) is 10.0 Å². The number of rotatable bonds is 5. The number of sulfonamides is 1. The summed E-state index contributed by atoms with van der Waals surface area (Å²) in [4.78, 5) is 0.207. The third kappa shape index (κ3) is 3.31. The maximum Gasteiger partial charge on any atom is 0.261 e. The van der Waals surface area contributed by atoms with Crippen molar-refractivity contribution in [3.05, 3.63) is 54.7 Å². The third-order valence-electron chi connectivity index (χ3n) is 3.82. The zero-order chi connectivity index (χ0) is 18.9. The lowest BCUT2D eigenvalue weighted by Gasteiger charge is -2.11. The highest BCUT2D eigenvalue weighted by atomic mass is 32.2. The van der Waals surface area contributed by atoms with Gasteiger partial charge in [-0.1, -0.05) is 36.3 Å². The normalized spacial score (nSPS) is 12.0. The van der Waals surface area contributed by atoms with Crippen LogP contribution < -0.4 is 4.72 Å². The molecular formula is C18H16N2O4S2. The second-order valence-corrected chi connectivity index (χ2v) is 9.38. The first-order chi connectivity index (χ1) is 12.2. The monoisotopic (exact) mass is 388 g/mol. The molecule has 0 spiro atoms. The summed E-state index contributed by atoms with van der Waals surface area (Å²) in [5.41, 5.74) is 0.682. The van der Waals surface area contributed by atoms with Gasteiger partial charge in [-0.15, -0.1) is 6.42 Å². The SMILES string of the molecule is C#CCn1cc(S(C)(=O)=O)c2cccc(NS(=O)(=O)c3ccccc3)c21. The highest BCUT2D eigenvalue weighted by Gasteiger charge is 2.21. The van der Waals surface area contributed by atoms with Crippen molar-refractivity contribution in [3.8, 4) is 12.3 Å². The van der Waals surface area contributed by atoms with Gasteiger partial charge in [-0.3, -0.25) is 4.72 Å².